The summed E-state index contributed by atoms with van der Waals surface area (Å²) in [6, 6.07) is 0. The molecule has 2 heteroatoms. The van der Waals surface area contributed by atoms with Crippen molar-refractivity contribution in [2.75, 3.05) is 27.7 Å². The summed E-state index contributed by atoms with van der Waals surface area (Å²) in [5.74, 6) is 0. The van der Waals surface area contributed by atoms with Gasteiger partial charge in [0.2, 0.25) is 0 Å². The minimum Gasteiger partial charge on any atom is -0.331 e. The average molecular weight is 132 g/mol. The van der Waals surface area contributed by atoms with Gasteiger partial charge in [-0.25, -0.2) is 0 Å². The van der Waals surface area contributed by atoms with E-state index in [0.29, 0.717) is 6.42 Å². The summed E-state index contributed by atoms with van der Waals surface area (Å²) in [5, 5.41) is 0. The predicted molar refractivity (Wildman–Crippen MR) is 38.2 cm³/mol. The van der Waals surface area contributed by atoms with E-state index in [2.05, 4.69) is 0 Å². The van der Waals surface area contributed by atoms with Gasteiger partial charge in [0.25, 0.3) is 0 Å². The summed E-state index contributed by atoms with van der Waals surface area (Å²) in [4.78, 5) is 9.97. The van der Waals surface area contributed by atoms with Crippen LogP contribution >= 0.6 is 0 Å². The van der Waals surface area contributed by atoms with Crippen LogP contribution in [0.3, 0.4) is 0 Å². The van der Waals surface area contributed by atoms with Crippen molar-refractivity contribution in [3.8, 4) is 0 Å². The van der Waals surface area contributed by atoms with Gasteiger partial charge in [0.1, 0.15) is 6.29 Å². The first-order valence-electron chi connectivity index (χ1n) is 3.70. The molecule has 0 radical (unpaired) electrons. The number of carbonyl (C=O) groups is 1. The van der Waals surface area contributed by atoms with Gasteiger partial charge in [-0.05, 0) is 0 Å². The highest BCUT2D eigenvalue weighted by Gasteiger charge is 2.03. The highest BCUT2D eigenvalue weighted by Crippen LogP contribution is 1.94. The minimum atomic E-state index is -0.238. The zero-order valence-corrected chi connectivity index (χ0v) is 6.42. The number of carbonyl (C=O) groups excluding carboxylic acids is 1. The monoisotopic (exact) mass is 132 g/mol. The van der Waals surface area contributed by atoms with Crippen LogP contribution in [0.5, 0.6) is 0 Å². The Morgan fingerprint density at radius 1 is 1.56 bits per heavy atom. The second kappa shape index (κ2) is 3.62. The maximum atomic E-state index is 9.97. The normalized spacial score (nSPS) is 16.6. The van der Waals surface area contributed by atoms with Crippen molar-refractivity contribution in [1.82, 2.24) is 0 Å². The number of hydrogen-bond acceptors (Lipinski definition) is 1. The molecule has 0 N–H and O–H groups in total. The van der Waals surface area contributed by atoms with Gasteiger partial charge < -0.3 is 9.28 Å². The molecule has 0 aromatic carbocycles. The molecule has 0 rings (SSSR count). The third kappa shape index (κ3) is 7.63. The van der Waals surface area contributed by atoms with Crippen molar-refractivity contribution in [2.45, 2.75) is 12.8 Å². The molecule has 9 heavy (non-hydrogen) atoms. The molecule has 2 nitrogen and oxygen atoms in total. The van der Waals surface area contributed by atoms with Crippen molar-refractivity contribution in [2.24, 2.45) is 0 Å². The Balaban J connectivity index is 3.56. The van der Waals surface area contributed by atoms with Crippen LogP contribution in [0.25, 0.3) is 0 Å². The van der Waals surface area contributed by atoms with Gasteiger partial charge >= 0.3 is 0 Å². The third-order valence-corrected chi connectivity index (χ3v) is 0.940. The van der Waals surface area contributed by atoms with Crippen LogP contribution in [-0.2, 0) is 4.79 Å². The van der Waals surface area contributed by atoms with Crippen molar-refractivity contribution in [3.05, 3.63) is 0 Å². The van der Waals surface area contributed by atoms with Crippen LogP contribution in [-0.4, -0.2) is 38.5 Å². The van der Waals surface area contributed by atoms with Crippen LogP contribution in [0.1, 0.15) is 14.2 Å². The van der Waals surface area contributed by atoms with E-state index in [0.717, 1.165) is 17.3 Å². The molecule has 0 saturated carbocycles. The first-order valence-corrected chi connectivity index (χ1v) is 3.12. The van der Waals surface area contributed by atoms with E-state index in [4.69, 9.17) is 1.37 Å². The van der Waals surface area contributed by atoms with Crippen LogP contribution in [0.15, 0.2) is 0 Å². The maximum absolute atomic E-state index is 9.97. The Bertz CT molecular complexity index is 109. The molecule has 1 atom stereocenters. The molecule has 0 aliphatic carbocycles. The van der Waals surface area contributed by atoms with Crippen LogP contribution in [0.2, 0.25) is 0 Å². The van der Waals surface area contributed by atoms with E-state index < -0.39 is 0 Å². The zero-order chi connectivity index (χ0) is 8.20. The Hall–Kier alpha value is -0.370. The van der Waals surface area contributed by atoms with Crippen molar-refractivity contribution >= 4 is 6.29 Å². The molecule has 1 unspecified atom stereocenters. The number of rotatable bonds is 4. The summed E-state index contributed by atoms with van der Waals surface area (Å²) in [6.07, 6.45) is 0.931. The average Bonchev–Trinajstić information content (AvgIpc) is 1.59. The van der Waals surface area contributed by atoms with Gasteiger partial charge in [-0.1, -0.05) is 0 Å². The molecule has 0 spiro atoms. The van der Waals surface area contributed by atoms with E-state index in [-0.39, 0.29) is 6.40 Å². The van der Waals surface area contributed by atoms with Crippen LogP contribution in [0.4, 0.5) is 0 Å². The first-order chi connectivity index (χ1) is 4.45. The SMILES string of the molecule is [3H]C(CC=O)C[N+](C)(C)C. The van der Waals surface area contributed by atoms with Gasteiger partial charge in [-0.15, -0.1) is 0 Å². The summed E-state index contributed by atoms with van der Waals surface area (Å²) in [7, 11) is 6.06. The molecule has 0 amide bonds. The largest absolute Gasteiger partial charge is 0.331 e. The Kier molecular flexibility index (Phi) is 2.71. The number of quaternary nitrogens is 1. The number of nitrogens with zero attached hydrogens (tertiary/aromatic N) is 1. The third-order valence-electron chi connectivity index (χ3n) is 0.940. The summed E-state index contributed by atoms with van der Waals surface area (Å²) < 4.78 is 8.13. The molecule has 0 fully saturated rings. The van der Waals surface area contributed by atoms with E-state index in [9.17, 15) is 4.79 Å². The first kappa shape index (κ1) is 6.75. The second-order valence-corrected chi connectivity index (χ2v) is 3.16. The Morgan fingerprint density at radius 2 is 2.11 bits per heavy atom. The van der Waals surface area contributed by atoms with E-state index >= 15 is 0 Å². The lowest BCUT2D eigenvalue weighted by Gasteiger charge is -2.22. The van der Waals surface area contributed by atoms with Gasteiger partial charge in [0.15, 0.2) is 0 Å². The van der Waals surface area contributed by atoms with Crippen LogP contribution < -0.4 is 0 Å². The van der Waals surface area contributed by atoms with Crippen LogP contribution in [0, 0.1) is 0 Å². The standard InChI is InChI=1S/C7H16NO/c1-8(2,3)6-4-5-7-9/h7H,4-6H2,1-3H3/q+1/i4T. The number of hydrogen-bond donors (Lipinski definition) is 0. The molecule has 0 heterocycles. The fraction of sp³-hybridized carbons (Fsp3) is 0.857. The molecular formula is C7H16NO+. The second-order valence-electron chi connectivity index (χ2n) is 3.16. The highest BCUT2D eigenvalue weighted by molar-refractivity contribution is 5.48. The van der Waals surface area contributed by atoms with Gasteiger partial charge in [0.05, 0.1) is 27.7 Å². The lowest BCUT2D eigenvalue weighted by molar-refractivity contribution is -0.870. The smallest absolute Gasteiger partial charge is 0.120 e. The Morgan fingerprint density at radius 3 is 2.44 bits per heavy atom. The maximum Gasteiger partial charge on any atom is 0.120 e. The van der Waals surface area contributed by atoms with Crippen molar-refractivity contribution in [3.63, 3.8) is 0 Å². The van der Waals surface area contributed by atoms with Gasteiger partial charge in [-0.3, -0.25) is 0 Å². The fourth-order valence-electron chi connectivity index (χ4n) is 0.530. The van der Waals surface area contributed by atoms with Crippen molar-refractivity contribution in [1.29, 1.82) is 0 Å². The molecule has 0 saturated heterocycles. The molecule has 54 valence electrons. The molecule has 0 bridgehead atoms. The van der Waals surface area contributed by atoms with Gasteiger partial charge in [0, 0.05) is 14.2 Å². The summed E-state index contributed by atoms with van der Waals surface area (Å²) in [6.45, 7) is 0.735. The molecule has 0 aromatic heterocycles. The minimum absolute atomic E-state index is 0.238. The molecule has 0 aliphatic heterocycles. The Labute approximate surface area is 58.5 Å². The highest BCUT2D eigenvalue weighted by atomic mass is 16.1. The summed E-state index contributed by atoms with van der Waals surface area (Å²) >= 11 is 0. The predicted octanol–water partition coefficient (Wildman–Crippen LogP) is 0.672. The zero-order valence-electron chi connectivity index (χ0n) is 7.42. The summed E-state index contributed by atoms with van der Waals surface area (Å²) in [5.41, 5.74) is 0. The number of aldehydes is 1. The van der Waals surface area contributed by atoms with Crippen molar-refractivity contribution < 1.29 is 10.6 Å². The fourth-order valence-corrected chi connectivity index (χ4v) is 0.530. The lowest BCUT2D eigenvalue weighted by Crippen LogP contribution is -2.35. The lowest BCUT2D eigenvalue weighted by atomic mass is 10.3. The van der Waals surface area contributed by atoms with E-state index in [1.165, 1.54) is 0 Å². The van der Waals surface area contributed by atoms with E-state index in [1.807, 2.05) is 21.1 Å². The molecule has 0 aliphatic rings. The van der Waals surface area contributed by atoms with Gasteiger partial charge in [-0.2, -0.15) is 0 Å². The van der Waals surface area contributed by atoms with E-state index in [1.54, 1.807) is 0 Å². The molecule has 0 aromatic rings. The quantitative estimate of drug-likeness (QED) is 0.406. The molecular weight excluding hydrogens is 114 g/mol. The topological polar surface area (TPSA) is 17.1 Å².